The van der Waals surface area contributed by atoms with Gasteiger partial charge in [-0.15, -0.1) is 0 Å². The number of aromatic nitrogens is 4. The van der Waals surface area contributed by atoms with Crippen molar-refractivity contribution in [1.29, 1.82) is 0 Å². The van der Waals surface area contributed by atoms with Crippen LogP contribution in [0.4, 0.5) is 5.95 Å². The summed E-state index contributed by atoms with van der Waals surface area (Å²) in [4.78, 5) is 13.6. The molecule has 2 atom stereocenters. The summed E-state index contributed by atoms with van der Waals surface area (Å²) >= 11 is 0. The van der Waals surface area contributed by atoms with E-state index in [4.69, 9.17) is 4.98 Å². The normalized spacial score (nSPS) is 23.8. The zero-order valence-corrected chi connectivity index (χ0v) is 15.2. The van der Waals surface area contributed by atoms with Gasteiger partial charge in [0.2, 0.25) is 5.95 Å². The lowest BCUT2D eigenvalue weighted by Gasteiger charge is -2.21. The number of aromatic amines is 1. The highest BCUT2D eigenvalue weighted by Gasteiger charge is 2.45. The van der Waals surface area contributed by atoms with Crippen molar-refractivity contribution >= 4 is 27.0 Å². The summed E-state index contributed by atoms with van der Waals surface area (Å²) in [6, 6.07) is 8.11. The Morgan fingerprint density at radius 2 is 1.85 bits per heavy atom. The fourth-order valence-electron chi connectivity index (χ4n) is 4.25. The van der Waals surface area contributed by atoms with E-state index in [-0.39, 0.29) is 5.03 Å². The SMILES string of the molecule is Cn1c(N2CC3CN(S(=O)(=O)c4cnc[nH]4)CC3C2)nc2ccccc21. The van der Waals surface area contributed by atoms with Crippen LogP contribution in [0.1, 0.15) is 0 Å². The van der Waals surface area contributed by atoms with Gasteiger partial charge >= 0.3 is 0 Å². The fraction of sp³-hybridized carbons (Fsp3) is 0.412. The van der Waals surface area contributed by atoms with Gasteiger partial charge in [-0.1, -0.05) is 12.1 Å². The smallest absolute Gasteiger partial charge is 0.260 e. The summed E-state index contributed by atoms with van der Waals surface area (Å²) < 4.78 is 29.1. The van der Waals surface area contributed by atoms with Crippen LogP contribution in [-0.2, 0) is 17.1 Å². The first kappa shape index (κ1) is 15.8. The van der Waals surface area contributed by atoms with Crippen LogP contribution < -0.4 is 4.90 Å². The van der Waals surface area contributed by atoms with Crippen LogP contribution in [0, 0.1) is 11.8 Å². The van der Waals surface area contributed by atoms with Gasteiger partial charge in [-0.3, -0.25) is 0 Å². The predicted octanol–water partition coefficient (Wildman–Crippen LogP) is 1.05. The Morgan fingerprint density at radius 3 is 2.50 bits per heavy atom. The van der Waals surface area contributed by atoms with Crippen molar-refractivity contribution in [2.75, 3.05) is 31.1 Å². The average Bonchev–Trinajstić information content (AvgIpc) is 3.38. The molecule has 1 aromatic carbocycles. The molecule has 2 saturated heterocycles. The molecule has 9 heteroatoms. The molecule has 0 amide bonds. The van der Waals surface area contributed by atoms with E-state index in [0.717, 1.165) is 30.1 Å². The highest BCUT2D eigenvalue weighted by atomic mass is 32.2. The Kier molecular flexibility index (Phi) is 3.38. The fourth-order valence-corrected chi connectivity index (χ4v) is 5.70. The minimum absolute atomic E-state index is 0.171. The maximum atomic E-state index is 12.7. The number of imidazole rings is 2. The van der Waals surface area contributed by atoms with Gasteiger partial charge in [0.25, 0.3) is 10.0 Å². The third-order valence-electron chi connectivity index (χ3n) is 5.59. The van der Waals surface area contributed by atoms with Crippen LogP contribution in [0.25, 0.3) is 11.0 Å². The number of anilines is 1. The Bertz CT molecular complexity index is 1040. The summed E-state index contributed by atoms with van der Waals surface area (Å²) in [5.41, 5.74) is 2.11. The molecule has 136 valence electrons. The molecule has 0 bridgehead atoms. The van der Waals surface area contributed by atoms with Gasteiger partial charge in [-0.25, -0.2) is 18.4 Å². The quantitative estimate of drug-likeness (QED) is 0.743. The highest BCUT2D eigenvalue weighted by Crippen LogP contribution is 2.36. The third kappa shape index (κ3) is 2.27. The molecule has 5 rings (SSSR count). The lowest BCUT2D eigenvalue weighted by atomic mass is 10.0. The zero-order valence-electron chi connectivity index (χ0n) is 14.4. The number of para-hydroxylation sites is 2. The van der Waals surface area contributed by atoms with Gasteiger partial charge in [0.05, 0.1) is 23.6 Å². The van der Waals surface area contributed by atoms with Crippen molar-refractivity contribution in [3.63, 3.8) is 0 Å². The standard InChI is InChI=1S/C17H20N6O2S/c1-21-15-5-3-2-4-14(15)20-17(21)22-7-12-9-23(10-13(12)8-22)26(24,25)16-6-18-11-19-16/h2-6,11-13H,7-10H2,1H3,(H,18,19). The van der Waals surface area contributed by atoms with E-state index in [1.165, 1.54) is 12.5 Å². The average molecular weight is 372 g/mol. The van der Waals surface area contributed by atoms with E-state index in [1.54, 1.807) is 4.31 Å². The van der Waals surface area contributed by atoms with E-state index in [1.807, 2.05) is 25.2 Å². The summed E-state index contributed by atoms with van der Waals surface area (Å²) in [7, 11) is -1.44. The second-order valence-electron chi connectivity index (χ2n) is 7.12. The molecule has 0 saturated carbocycles. The molecule has 4 heterocycles. The molecule has 0 aliphatic carbocycles. The van der Waals surface area contributed by atoms with E-state index >= 15 is 0 Å². The summed E-state index contributed by atoms with van der Waals surface area (Å²) in [5.74, 6) is 1.61. The Labute approximate surface area is 151 Å². The van der Waals surface area contributed by atoms with Gasteiger partial charge in [-0.2, -0.15) is 4.31 Å². The van der Waals surface area contributed by atoms with Crippen LogP contribution >= 0.6 is 0 Å². The molecule has 3 aromatic rings. The van der Waals surface area contributed by atoms with Crippen LogP contribution in [0.3, 0.4) is 0 Å². The minimum Gasteiger partial charge on any atom is -0.342 e. The van der Waals surface area contributed by atoms with Crippen LogP contribution in [0.15, 0.2) is 41.8 Å². The number of H-pyrrole nitrogens is 1. The van der Waals surface area contributed by atoms with Crippen molar-refractivity contribution in [2.45, 2.75) is 5.03 Å². The Morgan fingerprint density at radius 1 is 1.12 bits per heavy atom. The highest BCUT2D eigenvalue weighted by molar-refractivity contribution is 7.89. The van der Waals surface area contributed by atoms with Crippen LogP contribution in [0.2, 0.25) is 0 Å². The number of rotatable bonds is 3. The van der Waals surface area contributed by atoms with Crippen molar-refractivity contribution in [3.05, 3.63) is 36.8 Å². The first-order chi connectivity index (χ1) is 12.5. The van der Waals surface area contributed by atoms with Gasteiger partial charge in [0, 0.05) is 33.2 Å². The molecular formula is C17H20N6O2S. The largest absolute Gasteiger partial charge is 0.342 e. The minimum atomic E-state index is -3.47. The van der Waals surface area contributed by atoms with Crippen molar-refractivity contribution in [2.24, 2.45) is 18.9 Å². The molecular weight excluding hydrogens is 352 g/mol. The number of nitrogens with zero attached hydrogens (tertiary/aromatic N) is 5. The maximum absolute atomic E-state index is 12.7. The Hall–Kier alpha value is -2.39. The monoisotopic (exact) mass is 372 g/mol. The second kappa shape index (κ2) is 5.55. The van der Waals surface area contributed by atoms with Gasteiger partial charge in [0.15, 0.2) is 5.03 Å². The zero-order chi connectivity index (χ0) is 17.9. The first-order valence-corrected chi connectivity index (χ1v) is 10.1. The number of nitrogens with one attached hydrogen (secondary N) is 1. The Balaban J connectivity index is 1.36. The molecule has 2 fully saturated rings. The lowest BCUT2D eigenvalue weighted by molar-refractivity contribution is 0.450. The first-order valence-electron chi connectivity index (χ1n) is 8.69. The number of sulfonamides is 1. The summed E-state index contributed by atoms with van der Waals surface area (Å²) in [5, 5.41) is 0.171. The molecule has 2 aliphatic heterocycles. The number of hydrogen-bond donors (Lipinski definition) is 1. The molecule has 0 radical (unpaired) electrons. The maximum Gasteiger partial charge on any atom is 0.260 e. The van der Waals surface area contributed by atoms with E-state index in [2.05, 4.69) is 25.5 Å². The van der Waals surface area contributed by atoms with Gasteiger partial charge < -0.3 is 14.5 Å². The molecule has 2 aliphatic rings. The molecule has 0 spiro atoms. The van der Waals surface area contributed by atoms with E-state index in [0.29, 0.717) is 24.9 Å². The topological polar surface area (TPSA) is 87.1 Å². The van der Waals surface area contributed by atoms with Crippen LogP contribution in [0.5, 0.6) is 0 Å². The number of hydrogen-bond acceptors (Lipinski definition) is 5. The molecule has 2 unspecified atom stereocenters. The van der Waals surface area contributed by atoms with Crippen molar-refractivity contribution < 1.29 is 8.42 Å². The number of aryl methyl sites for hydroxylation is 1. The van der Waals surface area contributed by atoms with Crippen molar-refractivity contribution in [1.82, 2.24) is 23.8 Å². The van der Waals surface area contributed by atoms with E-state index in [9.17, 15) is 8.42 Å². The van der Waals surface area contributed by atoms with E-state index < -0.39 is 10.0 Å². The van der Waals surface area contributed by atoms with Crippen LogP contribution in [-0.4, -0.2) is 58.4 Å². The predicted molar refractivity (Wildman–Crippen MR) is 97.3 cm³/mol. The summed E-state index contributed by atoms with van der Waals surface area (Å²) in [6.07, 6.45) is 2.77. The second-order valence-corrected chi connectivity index (χ2v) is 9.03. The molecule has 8 nitrogen and oxygen atoms in total. The van der Waals surface area contributed by atoms with Crippen molar-refractivity contribution in [3.8, 4) is 0 Å². The summed E-state index contributed by atoms with van der Waals surface area (Å²) in [6.45, 7) is 2.76. The number of fused-ring (bicyclic) bond motifs is 2. The third-order valence-corrected chi connectivity index (χ3v) is 7.35. The number of benzene rings is 1. The molecule has 26 heavy (non-hydrogen) atoms. The lowest BCUT2D eigenvalue weighted by Crippen LogP contribution is -2.34. The van der Waals surface area contributed by atoms with Gasteiger partial charge in [0.1, 0.15) is 0 Å². The molecule has 2 aromatic heterocycles. The molecule has 1 N–H and O–H groups in total. The van der Waals surface area contributed by atoms with Gasteiger partial charge in [-0.05, 0) is 24.0 Å².